The zero-order valence-electron chi connectivity index (χ0n) is 17.6. The highest BCUT2D eigenvalue weighted by molar-refractivity contribution is 8.01. The molecular weight excluding hydrogens is 436 g/mol. The number of hydrazone groups is 1. The summed E-state index contributed by atoms with van der Waals surface area (Å²) < 4.78 is 1.83. The molecule has 2 atom stereocenters. The SMILES string of the molecule is Cc1ccc(-c2nc3n(n2)C2=NN(c4ccccc4)[C@H](c4ccc([N+](=O)[O-])cc4)[C@H]2S3)cc1. The lowest BCUT2D eigenvalue weighted by Gasteiger charge is -2.26. The highest BCUT2D eigenvalue weighted by atomic mass is 32.2. The second kappa shape index (κ2) is 7.56. The second-order valence-electron chi connectivity index (χ2n) is 7.97. The maximum atomic E-state index is 11.1. The van der Waals surface area contributed by atoms with Crippen LogP contribution < -0.4 is 5.01 Å². The highest BCUT2D eigenvalue weighted by Crippen LogP contribution is 2.47. The molecular formula is C24H18N6O2S. The molecule has 0 radical (unpaired) electrons. The normalized spacial score (nSPS) is 18.7. The Labute approximate surface area is 193 Å². The fraction of sp³-hybridized carbons (Fsp3) is 0.125. The van der Waals surface area contributed by atoms with Crippen LogP contribution in [-0.2, 0) is 0 Å². The predicted octanol–water partition coefficient (Wildman–Crippen LogP) is 5.06. The van der Waals surface area contributed by atoms with Crippen molar-refractivity contribution in [2.45, 2.75) is 23.4 Å². The van der Waals surface area contributed by atoms with Crippen LogP contribution in [0.1, 0.15) is 17.2 Å². The van der Waals surface area contributed by atoms with Gasteiger partial charge in [0.05, 0.1) is 16.7 Å². The van der Waals surface area contributed by atoms with Gasteiger partial charge in [-0.1, -0.05) is 59.8 Å². The molecule has 1 aromatic heterocycles. The number of hydrogen-bond acceptors (Lipinski definition) is 7. The Bertz CT molecular complexity index is 1380. The van der Waals surface area contributed by atoms with Crippen molar-refractivity contribution in [2.75, 3.05) is 5.01 Å². The van der Waals surface area contributed by atoms with Gasteiger partial charge >= 0.3 is 0 Å². The van der Waals surface area contributed by atoms with Crippen LogP contribution in [0, 0.1) is 17.0 Å². The van der Waals surface area contributed by atoms with E-state index < -0.39 is 0 Å². The van der Waals surface area contributed by atoms with E-state index in [0.29, 0.717) is 5.82 Å². The number of fused-ring (bicyclic) bond motifs is 3. The van der Waals surface area contributed by atoms with Gasteiger partial charge in [-0.25, -0.2) is 4.98 Å². The maximum absolute atomic E-state index is 11.1. The third kappa shape index (κ3) is 3.28. The van der Waals surface area contributed by atoms with E-state index in [1.54, 1.807) is 23.9 Å². The van der Waals surface area contributed by atoms with Crippen molar-refractivity contribution >= 4 is 29.0 Å². The largest absolute Gasteiger partial charge is 0.269 e. The first kappa shape index (κ1) is 19.7. The molecule has 0 fully saturated rings. The van der Waals surface area contributed by atoms with Crippen molar-refractivity contribution in [2.24, 2.45) is 5.10 Å². The Morgan fingerprint density at radius 2 is 1.70 bits per heavy atom. The Morgan fingerprint density at radius 1 is 0.970 bits per heavy atom. The number of nitrogens with zero attached hydrogens (tertiary/aromatic N) is 6. The third-order valence-electron chi connectivity index (χ3n) is 5.82. The van der Waals surface area contributed by atoms with Gasteiger partial charge in [0.25, 0.3) is 5.69 Å². The molecule has 0 saturated carbocycles. The average Bonchev–Trinajstić information content (AvgIpc) is 3.50. The minimum absolute atomic E-state index is 0.0336. The number of anilines is 1. The fourth-order valence-electron chi connectivity index (χ4n) is 4.15. The zero-order chi connectivity index (χ0) is 22.5. The van der Waals surface area contributed by atoms with Crippen molar-refractivity contribution < 1.29 is 4.92 Å². The number of non-ortho nitro benzene ring substituents is 1. The van der Waals surface area contributed by atoms with E-state index >= 15 is 0 Å². The smallest absolute Gasteiger partial charge is 0.258 e. The van der Waals surface area contributed by atoms with Crippen LogP contribution >= 0.6 is 11.8 Å². The van der Waals surface area contributed by atoms with E-state index in [4.69, 9.17) is 15.2 Å². The lowest BCUT2D eigenvalue weighted by molar-refractivity contribution is -0.384. The molecule has 0 bridgehead atoms. The summed E-state index contributed by atoms with van der Waals surface area (Å²) in [6.45, 7) is 2.05. The molecule has 0 N–H and O–H groups in total. The Kier molecular flexibility index (Phi) is 4.51. The zero-order valence-corrected chi connectivity index (χ0v) is 18.4. The Morgan fingerprint density at radius 3 is 2.39 bits per heavy atom. The third-order valence-corrected chi connectivity index (χ3v) is 7.02. The van der Waals surface area contributed by atoms with Gasteiger partial charge in [-0.05, 0) is 36.8 Å². The summed E-state index contributed by atoms with van der Waals surface area (Å²) in [5.41, 5.74) is 4.11. The van der Waals surface area contributed by atoms with Gasteiger partial charge in [-0.3, -0.25) is 15.1 Å². The first-order valence-electron chi connectivity index (χ1n) is 10.5. The lowest BCUT2D eigenvalue weighted by atomic mass is 10.0. The molecule has 0 saturated heterocycles. The number of nitro benzene ring substituents is 1. The average molecular weight is 455 g/mol. The standard InChI is InChI=1S/C24H18N6O2S/c1-15-7-9-17(10-8-15)22-25-24-29(26-22)23-21(33-24)20(16-11-13-19(14-12-16)30(31)32)28(27-23)18-5-3-2-4-6-18/h2-14,20-21H,1H3/t20-,21-/m1/s1. The van der Waals surface area contributed by atoms with E-state index in [1.165, 1.54) is 5.56 Å². The number of rotatable bonds is 4. The van der Waals surface area contributed by atoms with E-state index in [2.05, 4.69) is 6.92 Å². The highest BCUT2D eigenvalue weighted by Gasteiger charge is 2.47. The maximum Gasteiger partial charge on any atom is 0.269 e. The molecule has 3 heterocycles. The van der Waals surface area contributed by atoms with Crippen LogP contribution in [-0.4, -0.2) is 30.8 Å². The van der Waals surface area contributed by atoms with E-state index in [0.717, 1.165) is 27.8 Å². The van der Waals surface area contributed by atoms with Gasteiger partial charge in [-0.15, -0.1) is 5.10 Å². The second-order valence-corrected chi connectivity index (χ2v) is 9.07. The number of aromatic nitrogens is 3. The molecule has 0 unspecified atom stereocenters. The first-order chi connectivity index (χ1) is 16.1. The van der Waals surface area contributed by atoms with Crippen LogP contribution in [0.25, 0.3) is 11.4 Å². The molecule has 0 amide bonds. The number of thioether (sulfide) groups is 1. The van der Waals surface area contributed by atoms with Crippen molar-refractivity contribution in [3.63, 3.8) is 0 Å². The van der Waals surface area contributed by atoms with Gasteiger partial charge in [0.1, 0.15) is 5.25 Å². The summed E-state index contributed by atoms with van der Waals surface area (Å²) in [6, 6.07) is 24.6. The molecule has 2 aliphatic heterocycles. The summed E-state index contributed by atoms with van der Waals surface area (Å²) in [7, 11) is 0. The number of para-hydroxylation sites is 1. The minimum atomic E-state index is -0.383. The quantitative estimate of drug-likeness (QED) is 0.316. The molecule has 33 heavy (non-hydrogen) atoms. The van der Waals surface area contributed by atoms with Gasteiger partial charge in [0, 0.05) is 17.7 Å². The molecule has 0 aliphatic carbocycles. The van der Waals surface area contributed by atoms with Crippen LogP contribution in [0.4, 0.5) is 11.4 Å². The lowest BCUT2D eigenvalue weighted by Crippen LogP contribution is -2.27. The van der Waals surface area contributed by atoms with Gasteiger partial charge in [0.2, 0.25) is 0 Å². The summed E-state index contributed by atoms with van der Waals surface area (Å²) in [5.74, 6) is 1.48. The van der Waals surface area contributed by atoms with Crippen molar-refractivity contribution in [1.29, 1.82) is 0 Å². The molecule has 4 aromatic rings. The predicted molar refractivity (Wildman–Crippen MR) is 127 cm³/mol. The van der Waals surface area contributed by atoms with E-state index in [1.807, 2.05) is 76.4 Å². The van der Waals surface area contributed by atoms with Crippen LogP contribution in [0.15, 0.2) is 89.1 Å². The summed E-state index contributed by atoms with van der Waals surface area (Å²) in [6.07, 6.45) is 0. The van der Waals surface area contributed by atoms with Gasteiger partial charge in [-0.2, -0.15) is 9.78 Å². The molecule has 2 aliphatic rings. The molecule has 9 heteroatoms. The Hall–Kier alpha value is -3.98. The van der Waals surface area contributed by atoms with Crippen LogP contribution in [0.3, 0.4) is 0 Å². The van der Waals surface area contributed by atoms with Crippen LogP contribution in [0.5, 0.6) is 0 Å². The molecule has 162 valence electrons. The van der Waals surface area contributed by atoms with Crippen molar-refractivity contribution in [3.8, 4) is 11.4 Å². The number of hydrogen-bond donors (Lipinski definition) is 0. The minimum Gasteiger partial charge on any atom is -0.258 e. The Balaban J connectivity index is 1.41. The van der Waals surface area contributed by atoms with E-state index in [9.17, 15) is 10.1 Å². The molecule has 3 aromatic carbocycles. The van der Waals surface area contributed by atoms with Gasteiger partial charge in [0.15, 0.2) is 16.8 Å². The molecule has 8 nitrogen and oxygen atoms in total. The van der Waals surface area contributed by atoms with Crippen molar-refractivity contribution in [1.82, 2.24) is 14.8 Å². The topological polar surface area (TPSA) is 89.5 Å². The summed E-state index contributed by atoms with van der Waals surface area (Å²) in [4.78, 5) is 15.5. The number of benzene rings is 3. The summed E-state index contributed by atoms with van der Waals surface area (Å²) in [5, 5.41) is 23.6. The monoisotopic (exact) mass is 454 g/mol. The first-order valence-corrected chi connectivity index (χ1v) is 11.3. The molecule has 0 spiro atoms. The number of aryl methyl sites for hydroxylation is 1. The van der Waals surface area contributed by atoms with Gasteiger partial charge < -0.3 is 0 Å². The van der Waals surface area contributed by atoms with E-state index in [-0.39, 0.29) is 21.9 Å². The summed E-state index contributed by atoms with van der Waals surface area (Å²) >= 11 is 1.62. The van der Waals surface area contributed by atoms with Crippen LogP contribution in [0.2, 0.25) is 0 Å². The number of nitro groups is 1. The van der Waals surface area contributed by atoms with Crippen molar-refractivity contribution in [3.05, 3.63) is 100 Å². The molecule has 6 rings (SSSR count). The fourth-order valence-corrected chi connectivity index (χ4v) is 5.40.